The number of benzene rings is 1. The molecular weight excluding hydrogens is 230 g/mol. The molecule has 1 aromatic carbocycles. The Balaban J connectivity index is 1.98. The first kappa shape index (κ1) is 12.7. The van der Waals surface area contributed by atoms with Gasteiger partial charge in [0, 0.05) is 6.04 Å². The second-order valence-corrected chi connectivity index (χ2v) is 4.91. The van der Waals surface area contributed by atoms with Crippen LogP contribution in [0.15, 0.2) is 24.3 Å². The van der Waals surface area contributed by atoms with Gasteiger partial charge >= 0.3 is 0 Å². The van der Waals surface area contributed by atoms with Gasteiger partial charge in [-0.05, 0) is 25.0 Å². The molecule has 0 bridgehead atoms. The van der Waals surface area contributed by atoms with Gasteiger partial charge in [-0.3, -0.25) is 4.79 Å². The van der Waals surface area contributed by atoms with E-state index in [2.05, 4.69) is 19.2 Å². The maximum absolute atomic E-state index is 12.0. The van der Waals surface area contributed by atoms with E-state index >= 15 is 0 Å². The number of ether oxygens (including phenoxy) is 2. The summed E-state index contributed by atoms with van der Waals surface area (Å²) in [5.41, 5.74) is 0. The van der Waals surface area contributed by atoms with Crippen molar-refractivity contribution in [1.29, 1.82) is 0 Å². The first-order valence-electron chi connectivity index (χ1n) is 6.27. The van der Waals surface area contributed by atoms with Crippen molar-refractivity contribution in [3.8, 4) is 11.5 Å². The predicted octanol–water partition coefficient (Wildman–Crippen LogP) is 1.99. The zero-order chi connectivity index (χ0) is 13.1. The van der Waals surface area contributed by atoms with Crippen LogP contribution in [0.25, 0.3) is 0 Å². The van der Waals surface area contributed by atoms with Gasteiger partial charge in [0.05, 0.1) is 0 Å². The number of nitrogens with one attached hydrogen (secondary N) is 1. The molecule has 4 heteroatoms. The summed E-state index contributed by atoms with van der Waals surface area (Å²) in [5.74, 6) is 1.59. The van der Waals surface area contributed by atoms with Crippen molar-refractivity contribution in [2.24, 2.45) is 5.92 Å². The van der Waals surface area contributed by atoms with E-state index in [1.807, 2.05) is 25.1 Å². The quantitative estimate of drug-likeness (QED) is 0.891. The fourth-order valence-corrected chi connectivity index (χ4v) is 1.63. The number of hydrogen-bond acceptors (Lipinski definition) is 3. The Kier molecular flexibility index (Phi) is 3.75. The molecule has 0 saturated carbocycles. The number of para-hydroxylation sites is 2. The molecule has 0 fully saturated rings. The molecule has 0 unspecified atom stereocenters. The Bertz CT molecular complexity index is 431. The maximum Gasteiger partial charge on any atom is 0.264 e. The van der Waals surface area contributed by atoms with Crippen LogP contribution in [0.4, 0.5) is 0 Å². The molecule has 1 aliphatic heterocycles. The van der Waals surface area contributed by atoms with Gasteiger partial charge in [0.15, 0.2) is 11.5 Å². The van der Waals surface area contributed by atoms with Crippen molar-refractivity contribution in [3.05, 3.63) is 24.3 Å². The average Bonchev–Trinajstić information content (AvgIpc) is 2.37. The van der Waals surface area contributed by atoms with Gasteiger partial charge in [-0.2, -0.15) is 0 Å². The average molecular weight is 249 g/mol. The van der Waals surface area contributed by atoms with E-state index in [1.165, 1.54) is 0 Å². The normalized spacial score (nSPS) is 19.4. The highest BCUT2D eigenvalue weighted by Crippen LogP contribution is 2.30. The summed E-state index contributed by atoms with van der Waals surface area (Å²) < 4.78 is 11.2. The van der Waals surface area contributed by atoms with E-state index < -0.39 is 6.10 Å². The van der Waals surface area contributed by atoms with Gasteiger partial charge in [0.2, 0.25) is 6.10 Å². The molecule has 2 rings (SSSR count). The minimum absolute atomic E-state index is 0.120. The van der Waals surface area contributed by atoms with E-state index in [0.29, 0.717) is 17.4 Å². The lowest BCUT2D eigenvalue weighted by molar-refractivity contribution is -0.131. The molecule has 0 spiro atoms. The van der Waals surface area contributed by atoms with Crippen LogP contribution in [0.3, 0.4) is 0 Å². The number of amides is 1. The summed E-state index contributed by atoms with van der Waals surface area (Å²) in [6.45, 7) is 6.38. The molecule has 0 radical (unpaired) electrons. The molecule has 2 atom stereocenters. The third kappa shape index (κ3) is 2.75. The van der Waals surface area contributed by atoms with Gasteiger partial charge in [-0.25, -0.2) is 0 Å². The minimum atomic E-state index is -0.568. The molecule has 1 amide bonds. The second kappa shape index (κ2) is 5.29. The molecule has 98 valence electrons. The van der Waals surface area contributed by atoms with Crippen molar-refractivity contribution in [3.63, 3.8) is 0 Å². The van der Waals surface area contributed by atoms with E-state index in [1.54, 1.807) is 6.07 Å². The summed E-state index contributed by atoms with van der Waals surface area (Å²) in [5, 5.41) is 2.94. The molecule has 0 saturated heterocycles. The molecule has 18 heavy (non-hydrogen) atoms. The SMILES string of the molecule is CC(C)[C@@H](C)NC(=O)[C@@H]1COc2ccccc2O1. The smallest absolute Gasteiger partial charge is 0.264 e. The third-order valence-electron chi connectivity index (χ3n) is 3.17. The van der Waals surface area contributed by atoms with Crippen molar-refractivity contribution in [1.82, 2.24) is 5.32 Å². The Morgan fingerprint density at radius 1 is 1.28 bits per heavy atom. The van der Waals surface area contributed by atoms with Gasteiger partial charge in [-0.15, -0.1) is 0 Å². The van der Waals surface area contributed by atoms with E-state index in [9.17, 15) is 4.79 Å². The van der Waals surface area contributed by atoms with Crippen LogP contribution in [0.1, 0.15) is 20.8 Å². The Labute approximate surface area is 107 Å². The van der Waals surface area contributed by atoms with Gasteiger partial charge in [0.1, 0.15) is 6.61 Å². The van der Waals surface area contributed by atoms with Crippen molar-refractivity contribution < 1.29 is 14.3 Å². The zero-order valence-electron chi connectivity index (χ0n) is 11.0. The Morgan fingerprint density at radius 2 is 1.94 bits per heavy atom. The number of carbonyl (C=O) groups is 1. The monoisotopic (exact) mass is 249 g/mol. The minimum Gasteiger partial charge on any atom is -0.485 e. The molecule has 0 aromatic heterocycles. The molecule has 1 N–H and O–H groups in total. The molecule has 4 nitrogen and oxygen atoms in total. The largest absolute Gasteiger partial charge is 0.485 e. The first-order chi connectivity index (χ1) is 8.58. The van der Waals surface area contributed by atoms with Crippen LogP contribution in [-0.2, 0) is 4.79 Å². The molecule has 1 aromatic rings. The summed E-state index contributed by atoms with van der Waals surface area (Å²) in [6.07, 6.45) is -0.568. The zero-order valence-corrected chi connectivity index (χ0v) is 11.0. The summed E-state index contributed by atoms with van der Waals surface area (Å²) >= 11 is 0. The Hall–Kier alpha value is -1.71. The molecule has 1 aliphatic rings. The van der Waals surface area contributed by atoms with Crippen LogP contribution in [0.2, 0.25) is 0 Å². The van der Waals surface area contributed by atoms with Crippen molar-refractivity contribution in [2.45, 2.75) is 32.9 Å². The number of rotatable bonds is 3. The summed E-state index contributed by atoms with van der Waals surface area (Å²) in [7, 11) is 0. The number of carbonyl (C=O) groups excluding carboxylic acids is 1. The lowest BCUT2D eigenvalue weighted by Crippen LogP contribution is -2.48. The highest BCUT2D eigenvalue weighted by molar-refractivity contribution is 5.82. The lowest BCUT2D eigenvalue weighted by atomic mass is 10.1. The molecule has 0 aliphatic carbocycles. The van der Waals surface area contributed by atoms with Crippen LogP contribution < -0.4 is 14.8 Å². The number of fused-ring (bicyclic) bond motifs is 1. The van der Waals surface area contributed by atoms with Gasteiger partial charge in [-0.1, -0.05) is 26.0 Å². The highest BCUT2D eigenvalue weighted by Gasteiger charge is 2.28. The maximum atomic E-state index is 12.0. The van der Waals surface area contributed by atoms with Gasteiger partial charge in [0.25, 0.3) is 5.91 Å². The fraction of sp³-hybridized carbons (Fsp3) is 0.500. The summed E-state index contributed by atoms with van der Waals surface area (Å²) in [4.78, 5) is 12.0. The lowest BCUT2D eigenvalue weighted by Gasteiger charge is -2.27. The van der Waals surface area contributed by atoms with Crippen LogP contribution >= 0.6 is 0 Å². The van der Waals surface area contributed by atoms with Gasteiger partial charge < -0.3 is 14.8 Å². The topological polar surface area (TPSA) is 47.6 Å². The number of hydrogen-bond donors (Lipinski definition) is 1. The van der Waals surface area contributed by atoms with Crippen molar-refractivity contribution >= 4 is 5.91 Å². The van der Waals surface area contributed by atoms with E-state index in [0.717, 1.165) is 0 Å². The molecule has 1 heterocycles. The van der Waals surface area contributed by atoms with E-state index in [-0.39, 0.29) is 18.6 Å². The molecular formula is C14H19NO3. The van der Waals surface area contributed by atoms with Crippen LogP contribution in [0, 0.1) is 5.92 Å². The van der Waals surface area contributed by atoms with Crippen molar-refractivity contribution in [2.75, 3.05) is 6.61 Å². The van der Waals surface area contributed by atoms with Crippen LogP contribution in [0.5, 0.6) is 11.5 Å². The van der Waals surface area contributed by atoms with E-state index in [4.69, 9.17) is 9.47 Å². The first-order valence-corrected chi connectivity index (χ1v) is 6.27. The predicted molar refractivity (Wildman–Crippen MR) is 68.8 cm³/mol. The highest BCUT2D eigenvalue weighted by atomic mass is 16.6. The fourth-order valence-electron chi connectivity index (χ4n) is 1.63. The third-order valence-corrected chi connectivity index (χ3v) is 3.17. The second-order valence-electron chi connectivity index (χ2n) is 4.91. The Morgan fingerprint density at radius 3 is 2.61 bits per heavy atom. The standard InChI is InChI=1S/C14H19NO3/c1-9(2)10(3)15-14(16)13-8-17-11-6-4-5-7-12(11)18-13/h4-7,9-10,13H,8H2,1-3H3,(H,15,16)/t10-,13+/m1/s1. The van der Waals surface area contributed by atoms with Crippen LogP contribution in [-0.4, -0.2) is 24.7 Å². The summed E-state index contributed by atoms with van der Waals surface area (Å²) in [6, 6.07) is 7.50.